The predicted molar refractivity (Wildman–Crippen MR) is 81.9 cm³/mol. The number of nitrogens with one attached hydrogen (secondary N) is 2. The number of aromatic nitrogens is 2. The van der Waals surface area contributed by atoms with Gasteiger partial charge < -0.3 is 10.6 Å². The topological polar surface area (TPSA) is 66.9 Å². The molecule has 0 aromatic carbocycles. The molecule has 2 N–H and O–H groups in total. The number of nitrogens with zero attached hydrogens (tertiary/aromatic N) is 2. The van der Waals surface area contributed by atoms with Crippen molar-refractivity contribution in [1.82, 2.24) is 15.5 Å². The molecule has 0 saturated carbocycles. The van der Waals surface area contributed by atoms with E-state index in [1.54, 1.807) is 0 Å². The third-order valence-electron chi connectivity index (χ3n) is 2.73. The van der Waals surface area contributed by atoms with Gasteiger partial charge in [0, 0.05) is 12.1 Å². The van der Waals surface area contributed by atoms with Crippen LogP contribution in [-0.2, 0) is 4.79 Å². The molecule has 1 amide bonds. The van der Waals surface area contributed by atoms with Gasteiger partial charge in [-0.1, -0.05) is 30.0 Å². The molecule has 0 saturated heterocycles. The summed E-state index contributed by atoms with van der Waals surface area (Å²) in [7, 11) is 0. The van der Waals surface area contributed by atoms with E-state index in [9.17, 15) is 4.79 Å². The highest BCUT2D eigenvalue weighted by atomic mass is 32.2. The highest BCUT2D eigenvalue weighted by Crippen LogP contribution is 2.29. The Labute approximate surface area is 123 Å². The van der Waals surface area contributed by atoms with Gasteiger partial charge in [-0.25, -0.2) is 0 Å². The van der Waals surface area contributed by atoms with Gasteiger partial charge >= 0.3 is 0 Å². The third-order valence-corrected chi connectivity index (χ3v) is 4.79. The van der Waals surface area contributed by atoms with Gasteiger partial charge in [-0.05, 0) is 34.1 Å². The molecular weight excluding hydrogens is 280 g/mol. The van der Waals surface area contributed by atoms with Crippen LogP contribution in [0.25, 0.3) is 0 Å². The lowest BCUT2D eigenvalue weighted by Gasteiger charge is -2.26. The first-order valence-corrected chi connectivity index (χ1v) is 8.13. The molecule has 1 unspecified atom stereocenters. The Morgan fingerprint density at radius 3 is 2.68 bits per heavy atom. The van der Waals surface area contributed by atoms with Crippen LogP contribution in [0.15, 0.2) is 4.34 Å². The lowest BCUT2D eigenvalue weighted by atomic mass is 10.0. The van der Waals surface area contributed by atoms with Crippen molar-refractivity contribution >= 4 is 34.1 Å². The largest absolute Gasteiger partial charge is 0.360 e. The minimum atomic E-state index is -0.173. The van der Waals surface area contributed by atoms with Gasteiger partial charge in [0.25, 0.3) is 0 Å². The van der Waals surface area contributed by atoms with E-state index < -0.39 is 0 Å². The van der Waals surface area contributed by atoms with Gasteiger partial charge in [0.2, 0.25) is 11.0 Å². The molecule has 0 spiro atoms. The highest BCUT2D eigenvalue weighted by molar-refractivity contribution is 8.02. The second-order valence-corrected chi connectivity index (χ2v) is 7.46. The average Bonchev–Trinajstić information content (AvgIpc) is 2.76. The van der Waals surface area contributed by atoms with Crippen LogP contribution in [0.5, 0.6) is 0 Å². The lowest BCUT2D eigenvalue weighted by Crippen LogP contribution is -2.46. The maximum Gasteiger partial charge on any atom is 0.233 e. The molecule has 19 heavy (non-hydrogen) atoms. The molecule has 0 fully saturated rings. The van der Waals surface area contributed by atoms with E-state index in [4.69, 9.17) is 0 Å². The molecule has 7 heteroatoms. The van der Waals surface area contributed by atoms with E-state index in [2.05, 4.69) is 27.8 Å². The van der Waals surface area contributed by atoms with Gasteiger partial charge in [0.05, 0.1) is 5.25 Å². The molecule has 1 heterocycles. The van der Waals surface area contributed by atoms with E-state index in [0.29, 0.717) is 0 Å². The Bertz CT molecular complexity index is 420. The summed E-state index contributed by atoms with van der Waals surface area (Å²) in [5, 5.41) is 14.8. The molecular formula is C12H22N4OS2. The standard InChI is InChI=1S/C12H22N4OS2/c1-6-12(4,5)14-9(17)8(3)18-11-16-15-10(19-11)13-7-2/h8H,6-7H2,1-5H3,(H,13,15)(H,14,17). The minimum absolute atomic E-state index is 0.0389. The number of carbonyl (C=O) groups excluding carboxylic acids is 1. The number of rotatable bonds is 7. The van der Waals surface area contributed by atoms with Crippen molar-refractivity contribution in [3.8, 4) is 0 Å². The number of anilines is 1. The van der Waals surface area contributed by atoms with Crippen molar-refractivity contribution in [1.29, 1.82) is 0 Å². The molecule has 5 nitrogen and oxygen atoms in total. The van der Waals surface area contributed by atoms with E-state index in [0.717, 1.165) is 22.4 Å². The zero-order valence-corrected chi connectivity index (χ0v) is 13.7. The summed E-state index contributed by atoms with van der Waals surface area (Å²) in [6.07, 6.45) is 0.902. The van der Waals surface area contributed by atoms with Crippen LogP contribution in [0.2, 0.25) is 0 Å². The summed E-state index contributed by atoms with van der Waals surface area (Å²) in [4.78, 5) is 12.1. The number of thioether (sulfide) groups is 1. The van der Waals surface area contributed by atoms with Crippen molar-refractivity contribution in [3.05, 3.63) is 0 Å². The molecule has 0 radical (unpaired) electrons. The SMILES string of the molecule is CCNc1nnc(SC(C)C(=O)NC(C)(C)CC)s1. The summed E-state index contributed by atoms with van der Waals surface area (Å²) in [5.41, 5.74) is -0.165. The molecule has 1 aromatic rings. The van der Waals surface area contributed by atoms with Crippen LogP contribution in [0.1, 0.15) is 41.0 Å². The summed E-state index contributed by atoms with van der Waals surface area (Å²) >= 11 is 2.92. The lowest BCUT2D eigenvalue weighted by molar-refractivity contribution is -0.121. The molecule has 1 rings (SSSR count). The molecule has 0 aliphatic rings. The third kappa shape index (κ3) is 5.36. The van der Waals surface area contributed by atoms with Gasteiger partial charge in [-0.2, -0.15) is 0 Å². The van der Waals surface area contributed by atoms with Crippen molar-refractivity contribution in [3.63, 3.8) is 0 Å². The molecule has 0 bridgehead atoms. The maximum absolute atomic E-state index is 12.1. The van der Waals surface area contributed by atoms with E-state index in [1.165, 1.54) is 23.1 Å². The number of carbonyl (C=O) groups is 1. The molecule has 0 aliphatic carbocycles. The Balaban J connectivity index is 2.53. The smallest absolute Gasteiger partial charge is 0.233 e. The van der Waals surface area contributed by atoms with Crippen LogP contribution in [-0.4, -0.2) is 33.4 Å². The predicted octanol–water partition coefficient (Wildman–Crippen LogP) is 2.76. The normalized spacial score (nSPS) is 13.1. The van der Waals surface area contributed by atoms with Gasteiger partial charge in [0.1, 0.15) is 0 Å². The zero-order valence-electron chi connectivity index (χ0n) is 12.1. The van der Waals surface area contributed by atoms with Crippen molar-refractivity contribution < 1.29 is 4.79 Å². The van der Waals surface area contributed by atoms with Crippen molar-refractivity contribution in [2.45, 2.75) is 56.2 Å². The van der Waals surface area contributed by atoms with Crippen LogP contribution in [0.4, 0.5) is 5.13 Å². The first-order chi connectivity index (χ1) is 8.88. The van der Waals surface area contributed by atoms with Gasteiger partial charge in [0.15, 0.2) is 4.34 Å². The molecule has 1 atom stereocenters. The van der Waals surface area contributed by atoms with E-state index in [-0.39, 0.29) is 16.7 Å². The van der Waals surface area contributed by atoms with Gasteiger partial charge in [-0.15, -0.1) is 10.2 Å². The van der Waals surface area contributed by atoms with Crippen molar-refractivity contribution in [2.75, 3.05) is 11.9 Å². The Hall–Kier alpha value is -0.820. The average molecular weight is 302 g/mol. The van der Waals surface area contributed by atoms with Crippen LogP contribution < -0.4 is 10.6 Å². The fourth-order valence-electron chi connectivity index (χ4n) is 1.21. The quantitative estimate of drug-likeness (QED) is 0.758. The van der Waals surface area contributed by atoms with Crippen LogP contribution in [0.3, 0.4) is 0 Å². The first kappa shape index (κ1) is 16.2. The Morgan fingerprint density at radius 1 is 1.42 bits per heavy atom. The molecule has 1 aromatic heterocycles. The summed E-state index contributed by atoms with van der Waals surface area (Å²) in [5.74, 6) is 0.0389. The summed E-state index contributed by atoms with van der Waals surface area (Å²) < 4.78 is 0.813. The van der Waals surface area contributed by atoms with E-state index >= 15 is 0 Å². The summed E-state index contributed by atoms with van der Waals surface area (Å²) in [6, 6.07) is 0. The molecule has 0 aliphatic heterocycles. The Kier molecular flexibility index (Phi) is 6.06. The Morgan fingerprint density at radius 2 is 2.11 bits per heavy atom. The summed E-state index contributed by atoms with van der Waals surface area (Å²) in [6.45, 7) is 10.8. The fraction of sp³-hybridized carbons (Fsp3) is 0.750. The number of amides is 1. The monoisotopic (exact) mass is 302 g/mol. The number of hydrogen-bond donors (Lipinski definition) is 2. The fourth-order valence-corrected chi connectivity index (χ4v) is 3.17. The minimum Gasteiger partial charge on any atom is -0.360 e. The number of hydrogen-bond acceptors (Lipinski definition) is 6. The van der Waals surface area contributed by atoms with Crippen molar-refractivity contribution in [2.24, 2.45) is 0 Å². The highest BCUT2D eigenvalue weighted by Gasteiger charge is 2.23. The van der Waals surface area contributed by atoms with E-state index in [1.807, 2.05) is 27.7 Å². The zero-order chi connectivity index (χ0) is 14.5. The van der Waals surface area contributed by atoms with Crippen LogP contribution in [0, 0.1) is 0 Å². The first-order valence-electron chi connectivity index (χ1n) is 6.44. The second-order valence-electron chi connectivity index (χ2n) is 4.89. The van der Waals surface area contributed by atoms with Gasteiger partial charge in [-0.3, -0.25) is 4.79 Å². The molecule has 108 valence electrons. The maximum atomic E-state index is 12.1. The second kappa shape index (κ2) is 7.09. The van der Waals surface area contributed by atoms with Crippen LogP contribution >= 0.6 is 23.1 Å².